The number of nitrogens with zero attached hydrogens (tertiary/aromatic N) is 1. The molecule has 2 rings (SSSR count). The molecule has 22 heavy (non-hydrogen) atoms. The number of hydrogen-bond acceptors (Lipinski definition) is 6. The van der Waals surface area contributed by atoms with E-state index in [2.05, 4.69) is 10.6 Å². The van der Waals surface area contributed by atoms with Gasteiger partial charge in [-0.25, -0.2) is 8.42 Å². The second kappa shape index (κ2) is 6.44. The van der Waals surface area contributed by atoms with Crippen molar-refractivity contribution in [1.82, 2.24) is 5.32 Å². The van der Waals surface area contributed by atoms with Gasteiger partial charge in [0.1, 0.15) is 5.75 Å². The smallest absolute Gasteiger partial charge is 0.271 e. The minimum Gasteiger partial charge on any atom is -0.495 e. The molecule has 1 atom stereocenters. The number of hydrogen-bond donors (Lipinski definition) is 2. The molecular formula is C12H15N3O5S2. The van der Waals surface area contributed by atoms with Crippen LogP contribution in [0.25, 0.3) is 0 Å². The summed E-state index contributed by atoms with van der Waals surface area (Å²) in [7, 11) is -1.57. The molecule has 0 radical (unpaired) electrons. The van der Waals surface area contributed by atoms with E-state index in [1.807, 2.05) is 0 Å². The predicted octanol–water partition coefficient (Wildman–Crippen LogP) is 1.08. The van der Waals surface area contributed by atoms with Gasteiger partial charge >= 0.3 is 0 Å². The van der Waals surface area contributed by atoms with Crippen LogP contribution in [0.1, 0.15) is 6.42 Å². The van der Waals surface area contributed by atoms with Gasteiger partial charge in [0.15, 0.2) is 14.9 Å². The van der Waals surface area contributed by atoms with Crippen molar-refractivity contribution in [3.8, 4) is 5.75 Å². The van der Waals surface area contributed by atoms with Crippen LogP contribution in [0.2, 0.25) is 0 Å². The monoisotopic (exact) mass is 345 g/mol. The van der Waals surface area contributed by atoms with Crippen LogP contribution in [-0.2, 0) is 9.84 Å². The topological polar surface area (TPSA) is 111 Å². The fourth-order valence-electron chi connectivity index (χ4n) is 2.16. The highest BCUT2D eigenvalue weighted by molar-refractivity contribution is 7.91. The molecule has 120 valence electrons. The molecule has 1 aliphatic rings. The maximum absolute atomic E-state index is 11.4. The molecule has 0 unspecified atom stereocenters. The third-order valence-corrected chi connectivity index (χ3v) is 5.20. The number of ether oxygens (including phenoxy) is 1. The normalized spacial score (nSPS) is 19.4. The lowest BCUT2D eigenvalue weighted by Gasteiger charge is -2.16. The maximum Gasteiger partial charge on any atom is 0.271 e. The van der Waals surface area contributed by atoms with Crippen molar-refractivity contribution >= 4 is 38.5 Å². The Kier molecular flexibility index (Phi) is 4.81. The van der Waals surface area contributed by atoms with Crippen LogP contribution in [0.5, 0.6) is 5.75 Å². The lowest BCUT2D eigenvalue weighted by molar-refractivity contribution is -0.384. The number of sulfone groups is 1. The van der Waals surface area contributed by atoms with Crippen LogP contribution in [0.4, 0.5) is 11.4 Å². The summed E-state index contributed by atoms with van der Waals surface area (Å²) in [6, 6.07) is 3.83. The SMILES string of the molecule is COc1ccc([N+](=O)[O-])cc1NC(=S)N[C@@H]1CCS(=O)(=O)C1. The average molecular weight is 345 g/mol. The number of anilines is 1. The lowest BCUT2D eigenvalue weighted by atomic mass is 10.2. The van der Waals surface area contributed by atoms with Crippen molar-refractivity contribution in [3.05, 3.63) is 28.3 Å². The fraction of sp³-hybridized carbons (Fsp3) is 0.417. The van der Waals surface area contributed by atoms with Crippen molar-refractivity contribution < 1.29 is 18.1 Å². The van der Waals surface area contributed by atoms with Crippen LogP contribution in [0, 0.1) is 10.1 Å². The summed E-state index contributed by atoms with van der Waals surface area (Å²) in [5.41, 5.74) is 0.240. The number of thiocarbonyl (C=S) groups is 1. The molecule has 0 aliphatic carbocycles. The first kappa shape index (κ1) is 16.4. The zero-order valence-corrected chi connectivity index (χ0v) is 13.4. The highest BCUT2D eigenvalue weighted by Gasteiger charge is 2.28. The molecule has 1 heterocycles. The van der Waals surface area contributed by atoms with Crippen molar-refractivity contribution in [1.29, 1.82) is 0 Å². The van der Waals surface area contributed by atoms with Gasteiger partial charge in [-0.15, -0.1) is 0 Å². The van der Waals surface area contributed by atoms with Gasteiger partial charge in [-0.05, 0) is 24.7 Å². The van der Waals surface area contributed by atoms with E-state index >= 15 is 0 Å². The number of non-ortho nitro benzene ring substituents is 1. The Balaban J connectivity index is 2.07. The highest BCUT2D eigenvalue weighted by atomic mass is 32.2. The van der Waals surface area contributed by atoms with E-state index in [9.17, 15) is 18.5 Å². The summed E-state index contributed by atoms with van der Waals surface area (Å²) >= 11 is 5.12. The zero-order chi connectivity index (χ0) is 16.3. The molecule has 1 aromatic carbocycles. The van der Waals surface area contributed by atoms with E-state index in [-0.39, 0.29) is 28.3 Å². The number of nitrogens with one attached hydrogen (secondary N) is 2. The first-order valence-electron chi connectivity index (χ1n) is 6.41. The number of benzene rings is 1. The Morgan fingerprint density at radius 2 is 2.23 bits per heavy atom. The van der Waals surface area contributed by atoms with Crippen molar-refractivity contribution in [2.24, 2.45) is 0 Å². The van der Waals surface area contributed by atoms with Gasteiger partial charge < -0.3 is 15.4 Å². The molecule has 8 nitrogen and oxygen atoms in total. The second-order valence-electron chi connectivity index (χ2n) is 4.84. The second-order valence-corrected chi connectivity index (χ2v) is 7.48. The Morgan fingerprint density at radius 3 is 2.77 bits per heavy atom. The van der Waals surface area contributed by atoms with Gasteiger partial charge in [0.2, 0.25) is 0 Å². The van der Waals surface area contributed by atoms with E-state index in [0.29, 0.717) is 17.9 Å². The lowest BCUT2D eigenvalue weighted by Crippen LogP contribution is -2.38. The van der Waals surface area contributed by atoms with E-state index < -0.39 is 14.8 Å². The Morgan fingerprint density at radius 1 is 1.50 bits per heavy atom. The Bertz CT molecular complexity index is 705. The molecule has 10 heteroatoms. The summed E-state index contributed by atoms with van der Waals surface area (Å²) in [5, 5.41) is 16.7. The Hall–Kier alpha value is -1.94. The van der Waals surface area contributed by atoms with Gasteiger partial charge in [0, 0.05) is 18.2 Å². The first-order valence-corrected chi connectivity index (χ1v) is 8.64. The summed E-state index contributed by atoms with van der Waals surface area (Å²) < 4.78 is 27.9. The minimum absolute atomic E-state index is 0.0287. The van der Waals surface area contributed by atoms with Crippen molar-refractivity contribution in [3.63, 3.8) is 0 Å². The molecule has 1 fully saturated rings. The highest BCUT2D eigenvalue weighted by Crippen LogP contribution is 2.28. The van der Waals surface area contributed by atoms with Gasteiger partial charge in [-0.2, -0.15) is 0 Å². The van der Waals surface area contributed by atoms with Crippen LogP contribution in [-0.4, -0.2) is 43.1 Å². The quantitative estimate of drug-likeness (QED) is 0.474. The number of nitro benzene ring substituents is 1. The average Bonchev–Trinajstić information content (AvgIpc) is 2.77. The molecule has 0 amide bonds. The summed E-state index contributed by atoms with van der Waals surface area (Å²) in [6.07, 6.45) is 0.482. The van der Waals surface area contributed by atoms with Crippen LogP contribution >= 0.6 is 12.2 Å². The third-order valence-electron chi connectivity index (χ3n) is 3.21. The van der Waals surface area contributed by atoms with Crippen molar-refractivity contribution in [2.45, 2.75) is 12.5 Å². The molecule has 0 bridgehead atoms. The van der Waals surface area contributed by atoms with Gasteiger partial charge in [-0.3, -0.25) is 10.1 Å². The van der Waals surface area contributed by atoms with E-state index in [4.69, 9.17) is 17.0 Å². The Labute approximate surface area is 132 Å². The zero-order valence-electron chi connectivity index (χ0n) is 11.7. The molecule has 1 aromatic rings. The largest absolute Gasteiger partial charge is 0.495 e. The summed E-state index contributed by atoms with van der Waals surface area (Å²) in [5.74, 6) is 0.558. The van der Waals surface area contributed by atoms with Crippen LogP contribution in [0.15, 0.2) is 18.2 Å². The fourth-order valence-corrected chi connectivity index (χ4v) is 4.11. The predicted molar refractivity (Wildman–Crippen MR) is 86.1 cm³/mol. The van der Waals surface area contributed by atoms with Crippen molar-refractivity contribution in [2.75, 3.05) is 23.9 Å². The molecular weight excluding hydrogens is 330 g/mol. The number of methoxy groups -OCH3 is 1. The van der Waals surface area contributed by atoms with E-state index in [1.54, 1.807) is 0 Å². The molecule has 1 aliphatic heterocycles. The molecule has 2 N–H and O–H groups in total. The molecule has 0 saturated carbocycles. The number of rotatable bonds is 4. The number of nitro groups is 1. The summed E-state index contributed by atoms with van der Waals surface area (Å²) in [6.45, 7) is 0. The summed E-state index contributed by atoms with van der Waals surface area (Å²) in [4.78, 5) is 10.3. The minimum atomic E-state index is -3.01. The van der Waals surface area contributed by atoms with Gasteiger partial charge in [-0.1, -0.05) is 0 Å². The van der Waals surface area contributed by atoms with E-state index in [0.717, 1.165) is 0 Å². The van der Waals surface area contributed by atoms with Gasteiger partial charge in [0.05, 0.1) is 29.2 Å². The maximum atomic E-state index is 11.4. The van der Waals surface area contributed by atoms with Gasteiger partial charge in [0.25, 0.3) is 5.69 Å². The first-order chi connectivity index (χ1) is 10.3. The molecule has 0 aromatic heterocycles. The van der Waals surface area contributed by atoms with Crippen LogP contribution < -0.4 is 15.4 Å². The van der Waals surface area contributed by atoms with Crippen LogP contribution in [0.3, 0.4) is 0 Å². The van der Waals surface area contributed by atoms with E-state index in [1.165, 1.54) is 25.3 Å². The molecule has 0 spiro atoms. The standard InChI is InChI=1S/C12H15N3O5S2/c1-20-11-3-2-9(15(16)17)6-10(11)14-12(21)13-8-4-5-22(18,19)7-8/h2-3,6,8H,4-5,7H2,1H3,(H2,13,14,21)/t8-/m1/s1. The third kappa shape index (κ3) is 4.04. The molecule has 1 saturated heterocycles.